The quantitative estimate of drug-likeness (QED) is 0.398. The third-order valence-electron chi connectivity index (χ3n) is 6.28. The van der Waals surface area contributed by atoms with Crippen molar-refractivity contribution < 1.29 is 14.4 Å². The molecule has 39 heavy (non-hydrogen) atoms. The fourth-order valence-electron chi connectivity index (χ4n) is 4.26. The van der Waals surface area contributed by atoms with Gasteiger partial charge in [0.1, 0.15) is 11.9 Å². The Balaban J connectivity index is 1.33. The van der Waals surface area contributed by atoms with Crippen molar-refractivity contribution in [2.75, 3.05) is 5.32 Å². The monoisotopic (exact) mass is 559 g/mol. The zero-order chi connectivity index (χ0) is 27.4. The number of benzene rings is 3. The van der Waals surface area contributed by atoms with Gasteiger partial charge in [-0.05, 0) is 48.4 Å². The average Bonchev–Trinajstić information content (AvgIpc) is 3.28. The van der Waals surface area contributed by atoms with Gasteiger partial charge in [-0.25, -0.2) is 9.89 Å². The van der Waals surface area contributed by atoms with Gasteiger partial charge in [0, 0.05) is 22.8 Å². The number of hydrogen-bond acceptors (Lipinski definition) is 6. The number of fused-ring (bicyclic) bond motifs is 3. The Morgan fingerprint density at radius 3 is 2.49 bits per heavy atom. The molecule has 198 valence electrons. The lowest BCUT2D eigenvalue weighted by Crippen LogP contribution is -2.43. The second-order valence-corrected chi connectivity index (χ2v) is 10.6. The Morgan fingerprint density at radius 2 is 1.74 bits per heavy atom. The molecule has 0 saturated heterocycles. The van der Waals surface area contributed by atoms with Gasteiger partial charge in [0.15, 0.2) is 5.17 Å². The number of amidine groups is 2. The summed E-state index contributed by atoms with van der Waals surface area (Å²) < 4.78 is 0. The molecule has 3 aromatic rings. The lowest BCUT2D eigenvalue weighted by Gasteiger charge is -2.27. The minimum atomic E-state index is -0.879. The molecular formula is C29H26ClN5O3S. The topological polar surface area (TPSA) is 103 Å². The summed E-state index contributed by atoms with van der Waals surface area (Å²) in [5.41, 5.74) is 2.96. The highest BCUT2D eigenvalue weighted by atomic mass is 35.5. The van der Waals surface area contributed by atoms with Gasteiger partial charge < -0.3 is 10.6 Å². The van der Waals surface area contributed by atoms with Crippen molar-refractivity contribution in [1.29, 1.82) is 0 Å². The maximum absolute atomic E-state index is 13.6. The number of nitrogens with zero attached hydrogens (tertiary/aromatic N) is 3. The molecule has 2 atom stereocenters. The van der Waals surface area contributed by atoms with E-state index in [4.69, 9.17) is 16.6 Å². The summed E-state index contributed by atoms with van der Waals surface area (Å²) in [5, 5.41) is 6.19. The van der Waals surface area contributed by atoms with Crippen LogP contribution in [0.15, 0.2) is 88.8 Å². The minimum Gasteiger partial charge on any atom is -0.352 e. The molecule has 0 fully saturated rings. The highest BCUT2D eigenvalue weighted by molar-refractivity contribution is 8.15. The molecule has 3 aromatic carbocycles. The van der Waals surface area contributed by atoms with E-state index in [2.05, 4.69) is 15.6 Å². The first-order valence-electron chi connectivity index (χ1n) is 12.6. The standard InChI is InChI=1S/C29H26ClN5O3S/c1-2-24(27(37)32-20-14-12-19(30)13-15-20)39-29-34-22-11-7-6-10-21(22)26-33-23(28(38)35(26)29)16-25(36)31-17-18-8-4-3-5-9-18/h3-15,23-24H,2,16-17H2,1H3,(H,31,36)(H,32,37). The summed E-state index contributed by atoms with van der Waals surface area (Å²) in [6.45, 7) is 2.27. The summed E-state index contributed by atoms with van der Waals surface area (Å²) in [7, 11) is 0. The van der Waals surface area contributed by atoms with E-state index < -0.39 is 11.3 Å². The van der Waals surface area contributed by atoms with Crippen LogP contribution in [-0.4, -0.2) is 44.9 Å². The molecule has 5 rings (SSSR count). The van der Waals surface area contributed by atoms with Crippen LogP contribution in [0.4, 0.5) is 11.4 Å². The van der Waals surface area contributed by atoms with E-state index in [1.165, 1.54) is 16.7 Å². The smallest absolute Gasteiger partial charge is 0.259 e. The van der Waals surface area contributed by atoms with Gasteiger partial charge in [0.05, 0.1) is 17.4 Å². The second-order valence-electron chi connectivity index (χ2n) is 9.03. The molecule has 8 nitrogen and oxygen atoms in total. The van der Waals surface area contributed by atoms with E-state index in [-0.39, 0.29) is 24.1 Å². The molecule has 2 unspecified atom stereocenters. The number of anilines is 1. The Hall–Kier alpha value is -3.95. The summed E-state index contributed by atoms with van der Waals surface area (Å²) in [5.74, 6) is -0.376. The summed E-state index contributed by atoms with van der Waals surface area (Å²) in [4.78, 5) is 50.2. The van der Waals surface area contributed by atoms with E-state index in [1.54, 1.807) is 24.3 Å². The van der Waals surface area contributed by atoms with Gasteiger partial charge >= 0.3 is 0 Å². The summed E-state index contributed by atoms with van der Waals surface area (Å²) in [6.07, 6.45) is 0.421. The molecule has 0 spiro atoms. The zero-order valence-electron chi connectivity index (χ0n) is 21.1. The maximum Gasteiger partial charge on any atom is 0.259 e. The molecule has 0 saturated carbocycles. The molecule has 2 aliphatic rings. The van der Waals surface area contributed by atoms with Crippen molar-refractivity contribution in [3.8, 4) is 0 Å². The minimum absolute atomic E-state index is 0.0833. The van der Waals surface area contributed by atoms with Crippen LogP contribution in [0.25, 0.3) is 0 Å². The highest BCUT2D eigenvalue weighted by Gasteiger charge is 2.43. The Morgan fingerprint density at radius 1 is 1.03 bits per heavy atom. The molecule has 0 aromatic heterocycles. The molecule has 0 aliphatic carbocycles. The second kappa shape index (κ2) is 11.8. The number of thioether (sulfide) groups is 1. The van der Waals surface area contributed by atoms with Crippen LogP contribution in [0.5, 0.6) is 0 Å². The Bertz CT molecular complexity index is 1460. The molecular weight excluding hydrogens is 534 g/mol. The van der Waals surface area contributed by atoms with Crippen LogP contribution in [0.3, 0.4) is 0 Å². The molecule has 2 heterocycles. The summed E-state index contributed by atoms with van der Waals surface area (Å²) in [6, 6.07) is 23.0. The van der Waals surface area contributed by atoms with E-state index in [9.17, 15) is 14.4 Å². The number of nitrogens with one attached hydrogen (secondary N) is 2. The van der Waals surface area contributed by atoms with Crippen LogP contribution in [0.1, 0.15) is 30.9 Å². The van der Waals surface area contributed by atoms with Crippen molar-refractivity contribution in [3.05, 3.63) is 95.0 Å². The number of para-hydroxylation sites is 1. The number of aliphatic imine (C=N–C) groups is 2. The lowest BCUT2D eigenvalue weighted by molar-refractivity contribution is -0.128. The SMILES string of the molecule is CCC(SC1=Nc2ccccc2C2=NC(CC(=O)NCc3ccccc3)C(=O)N12)C(=O)Nc1ccc(Cl)cc1. The predicted octanol–water partition coefficient (Wildman–Crippen LogP) is 5.16. The third kappa shape index (κ3) is 6.05. The molecule has 2 N–H and O–H groups in total. The molecule has 0 bridgehead atoms. The Kier molecular flexibility index (Phi) is 8.09. The normalized spacial score (nSPS) is 16.5. The van der Waals surface area contributed by atoms with Crippen LogP contribution >= 0.6 is 23.4 Å². The van der Waals surface area contributed by atoms with E-state index in [1.807, 2.05) is 61.5 Å². The molecule has 10 heteroatoms. The van der Waals surface area contributed by atoms with Gasteiger partial charge in [0.2, 0.25) is 11.8 Å². The summed E-state index contributed by atoms with van der Waals surface area (Å²) >= 11 is 7.16. The Labute approximate surface area is 235 Å². The van der Waals surface area contributed by atoms with Crippen molar-refractivity contribution in [2.24, 2.45) is 9.98 Å². The van der Waals surface area contributed by atoms with Crippen LogP contribution in [0.2, 0.25) is 5.02 Å². The van der Waals surface area contributed by atoms with Gasteiger partial charge in [-0.3, -0.25) is 19.4 Å². The lowest BCUT2D eigenvalue weighted by atomic mass is 10.1. The van der Waals surface area contributed by atoms with Crippen molar-refractivity contribution in [2.45, 2.75) is 37.6 Å². The zero-order valence-corrected chi connectivity index (χ0v) is 22.7. The van der Waals surface area contributed by atoms with E-state index in [0.717, 1.165) is 5.56 Å². The van der Waals surface area contributed by atoms with Crippen LogP contribution in [0, 0.1) is 0 Å². The van der Waals surface area contributed by atoms with Gasteiger partial charge in [-0.2, -0.15) is 0 Å². The first-order valence-corrected chi connectivity index (χ1v) is 13.8. The van der Waals surface area contributed by atoms with Crippen LogP contribution < -0.4 is 10.6 Å². The van der Waals surface area contributed by atoms with Crippen LogP contribution in [-0.2, 0) is 20.9 Å². The fraction of sp³-hybridized carbons (Fsp3) is 0.207. The van der Waals surface area contributed by atoms with Gasteiger partial charge in [0.25, 0.3) is 5.91 Å². The average molecular weight is 560 g/mol. The molecule has 0 radical (unpaired) electrons. The highest BCUT2D eigenvalue weighted by Crippen LogP contribution is 2.36. The first kappa shape index (κ1) is 26.6. The predicted molar refractivity (Wildman–Crippen MR) is 155 cm³/mol. The van der Waals surface area contributed by atoms with Crippen molar-refractivity contribution in [1.82, 2.24) is 10.2 Å². The fourth-order valence-corrected chi connectivity index (χ4v) is 5.41. The number of halogens is 1. The van der Waals surface area contributed by atoms with Crippen molar-refractivity contribution in [3.63, 3.8) is 0 Å². The number of hydrogen-bond donors (Lipinski definition) is 2. The number of carbonyl (C=O) groups excluding carboxylic acids is 3. The maximum atomic E-state index is 13.6. The number of carbonyl (C=O) groups is 3. The molecule has 3 amide bonds. The van der Waals surface area contributed by atoms with Crippen molar-refractivity contribution >= 4 is 63.5 Å². The van der Waals surface area contributed by atoms with E-state index in [0.29, 0.717) is 45.9 Å². The largest absolute Gasteiger partial charge is 0.352 e. The van der Waals surface area contributed by atoms with E-state index >= 15 is 0 Å². The van der Waals surface area contributed by atoms with Gasteiger partial charge in [-0.15, -0.1) is 0 Å². The molecule has 2 aliphatic heterocycles. The number of amides is 3. The third-order valence-corrected chi connectivity index (χ3v) is 7.85. The number of rotatable bonds is 8. The van der Waals surface area contributed by atoms with Gasteiger partial charge in [-0.1, -0.05) is 72.8 Å². The first-order chi connectivity index (χ1) is 18.9.